The van der Waals surface area contributed by atoms with E-state index in [-0.39, 0.29) is 0 Å². The number of aryl methyl sites for hydroxylation is 1. The third-order valence-electron chi connectivity index (χ3n) is 1.89. The Labute approximate surface area is 64.6 Å². The van der Waals surface area contributed by atoms with E-state index in [9.17, 15) is 0 Å². The first-order chi connectivity index (χ1) is 4.88. The number of hydrogen-bond donors (Lipinski definition) is 0. The summed E-state index contributed by atoms with van der Waals surface area (Å²) in [5.74, 6) is 1.13. The van der Waals surface area contributed by atoms with Gasteiger partial charge < -0.3 is 4.74 Å². The maximum Gasteiger partial charge on any atom is 0.133 e. The zero-order chi connectivity index (χ0) is 6.97. The summed E-state index contributed by atoms with van der Waals surface area (Å²) in [6.07, 6.45) is 2.40. The Morgan fingerprint density at radius 3 is 3.30 bits per heavy atom. The molecule has 0 atom stereocenters. The first kappa shape index (κ1) is 6.23. The van der Waals surface area contributed by atoms with Crippen molar-refractivity contribution in [2.45, 2.75) is 19.8 Å². The molecular formula is C8H10OS. The highest BCUT2D eigenvalue weighted by Gasteiger charge is 2.13. The maximum atomic E-state index is 5.45. The molecule has 0 spiro atoms. The molecule has 0 aliphatic carbocycles. The molecule has 0 unspecified atom stereocenters. The van der Waals surface area contributed by atoms with E-state index in [1.54, 1.807) is 11.3 Å². The Hall–Kier alpha value is -0.500. The quantitative estimate of drug-likeness (QED) is 0.557. The third kappa shape index (κ3) is 0.833. The van der Waals surface area contributed by atoms with Crippen LogP contribution in [0.4, 0.5) is 0 Å². The normalized spacial score (nSPS) is 16.1. The molecule has 1 nitrogen and oxygen atoms in total. The van der Waals surface area contributed by atoms with Crippen molar-refractivity contribution in [2.24, 2.45) is 0 Å². The van der Waals surface area contributed by atoms with Gasteiger partial charge in [-0.25, -0.2) is 0 Å². The van der Waals surface area contributed by atoms with Crippen molar-refractivity contribution >= 4 is 11.3 Å². The van der Waals surface area contributed by atoms with Crippen molar-refractivity contribution in [3.63, 3.8) is 0 Å². The molecule has 0 fully saturated rings. The van der Waals surface area contributed by atoms with Crippen molar-refractivity contribution in [1.82, 2.24) is 0 Å². The highest BCUT2D eigenvalue weighted by Crippen LogP contribution is 2.32. The molecule has 0 bridgehead atoms. The number of fused-ring (bicyclic) bond motifs is 1. The minimum atomic E-state index is 0.906. The van der Waals surface area contributed by atoms with Gasteiger partial charge >= 0.3 is 0 Å². The van der Waals surface area contributed by atoms with Crippen molar-refractivity contribution in [3.8, 4) is 5.75 Å². The minimum absolute atomic E-state index is 0.906. The highest BCUT2D eigenvalue weighted by molar-refractivity contribution is 7.10. The van der Waals surface area contributed by atoms with Crippen LogP contribution in [-0.2, 0) is 6.42 Å². The lowest BCUT2D eigenvalue weighted by molar-refractivity contribution is 0.290. The molecule has 54 valence electrons. The van der Waals surface area contributed by atoms with Gasteiger partial charge in [0.1, 0.15) is 5.75 Å². The fraction of sp³-hybridized carbons (Fsp3) is 0.500. The average Bonchev–Trinajstić information content (AvgIpc) is 2.34. The number of ether oxygens (including phenoxy) is 1. The lowest BCUT2D eigenvalue weighted by Gasteiger charge is -2.13. The Morgan fingerprint density at radius 2 is 2.50 bits per heavy atom. The van der Waals surface area contributed by atoms with E-state index >= 15 is 0 Å². The Kier molecular flexibility index (Phi) is 1.42. The van der Waals surface area contributed by atoms with Gasteiger partial charge in [-0.1, -0.05) is 0 Å². The second-order valence-electron chi connectivity index (χ2n) is 2.59. The van der Waals surface area contributed by atoms with E-state index in [0.29, 0.717) is 0 Å². The Bertz CT molecular complexity index is 239. The van der Waals surface area contributed by atoms with Crippen LogP contribution in [0.1, 0.15) is 16.9 Å². The summed E-state index contributed by atoms with van der Waals surface area (Å²) in [5.41, 5.74) is 1.44. The Balaban J connectivity index is 2.45. The van der Waals surface area contributed by atoms with Gasteiger partial charge in [-0.3, -0.25) is 0 Å². The first-order valence-electron chi connectivity index (χ1n) is 3.57. The molecule has 2 heterocycles. The maximum absolute atomic E-state index is 5.45. The summed E-state index contributed by atoms with van der Waals surface area (Å²) in [5, 5.41) is 2.11. The summed E-state index contributed by atoms with van der Waals surface area (Å²) >= 11 is 1.80. The number of rotatable bonds is 0. The molecule has 0 N–H and O–H groups in total. The summed E-state index contributed by atoms with van der Waals surface area (Å²) in [4.78, 5) is 1.43. The van der Waals surface area contributed by atoms with Crippen LogP contribution in [0.5, 0.6) is 5.75 Å². The van der Waals surface area contributed by atoms with E-state index in [1.165, 1.54) is 23.3 Å². The van der Waals surface area contributed by atoms with Gasteiger partial charge in [-0.15, -0.1) is 11.3 Å². The van der Waals surface area contributed by atoms with Crippen LogP contribution >= 0.6 is 11.3 Å². The fourth-order valence-electron chi connectivity index (χ4n) is 1.31. The van der Waals surface area contributed by atoms with Crippen LogP contribution in [0.25, 0.3) is 0 Å². The molecule has 0 radical (unpaired) electrons. The lowest BCUT2D eigenvalue weighted by Crippen LogP contribution is -2.06. The van der Waals surface area contributed by atoms with Crippen molar-refractivity contribution < 1.29 is 4.74 Å². The van der Waals surface area contributed by atoms with Gasteiger partial charge in [0.25, 0.3) is 0 Å². The van der Waals surface area contributed by atoms with Gasteiger partial charge in [-0.2, -0.15) is 0 Å². The van der Waals surface area contributed by atoms with Gasteiger partial charge in [0.05, 0.1) is 6.61 Å². The van der Waals surface area contributed by atoms with Crippen molar-refractivity contribution in [3.05, 3.63) is 15.8 Å². The molecule has 2 heteroatoms. The average molecular weight is 154 g/mol. The van der Waals surface area contributed by atoms with Crippen molar-refractivity contribution in [2.75, 3.05) is 6.61 Å². The first-order valence-corrected chi connectivity index (χ1v) is 4.45. The third-order valence-corrected chi connectivity index (χ3v) is 2.83. The molecule has 1 aliphatic rings. The molecule has 0 saturated carbocycles. The van der Waals surface area contributed by atoms with Crippen LogP contribution in [0, 0.1) is 6.92 Å². The highest BCUT2D eigenvalue weighted by atomic mass is 32.1. The van der Waals surface area contributed by atoms with Crippen LogP contribution in [0.15, 0.2) is 5.38 Å². The van der Waals surface area contributed by atoms with E-state index < -0.39 is 0 Å². The van der Waals surface area contributed by atoms with Crippen molar-refractivity contribution in [1.29, 1.82) is 0 Å². The Morgan fingerprint density at radius 1 is 1.60 bits per heavy atom. The summed E-state index contributed by atoms with van der Waals surface area (Å²) in [6.45, 7) is 3.07. The smallest absolute Gasteiger partial charge is 0.133 e. The number of thiophene rings is 1. The van der Waals surface area contributed by atoms with E-state index in [0.717, 1.165) is 12.4 Å². The van der Waals surface area contributed by atoms with Gasteiger partial charge in [0.2, 0.25) is 0 Å². The second-order valence-corrected chi connectivity index (χ2v) is 3.67. The summed E-state index contributed by atoms with van der Waals surface area (Å²) < 4.78 is 5.45. The van der Waals surface area contributed by atoms with Crippen LogP contribution in [-0.4, -0.2) is 6.61 Å². The molecule has 0 saturated heterocycles. The van der Waals surface area contributed by atoms with Gasteiger partial charge in [0, 0.05) is 15.8 Å². The minimum Gasteiger partial charge on any atom is -0.492 e. The molecule has 1 aromatic heterocycles. The predicted molar refractivity (Wildman–Crippen MR) is 42.9 cm³/mol. The topological polar surface area (TPSA) is 9.23 Å². The molecule has 1 aromatic rings. The number of hydrogen-bond acceptors (Lipinski definition) is 2. The van der Waals surface area contributed by atoms with E-state index in [2.05, 4.69) is 12.3 Å². The van der Waals surface area contributed by atoms with Crippen LogP contribution in [0.3, 0.4) is 0 Å². The summed E-state index contributed by atoms with van der Waals surface area (Å²) in [6, 6.07) is 0. The predicted octanol–water partition coefficient (Wildman–Crippen LogP) is 2.38. The largest absolute Gasteiger partial charge is 0.492 e. The zero-order valence-corrected chi connectivity index (χ0v) is 6.83. The van der Waals surface area contributed by atoms with Crippen LogP contribution < -0.4 is 4.74 Å². The van der Waals surface area contributed by atoms with E-state index in [4.69, 9.17) is 4.74 Å². The second kappa shape index (κ2) is 2.27. The molecule has 1 aliphatic heterocycles. The molecule has 10 heavy (non-hydrogen) atoms. The van der Waals surface area contributed by atoms with Gasteiger partial charge in [0.15, 0.2) is 0 Å². The zero-order valence-electron chi connectivity index (χ0n) is 6.02. The lowest BCUT2D eigenvalue weighted by atomic mass is 10.1. The molecular weight excluding hydrogens is 144 g/mol. The van der Waals surface area contributed by atoms with E-state index in [1.807, 2.05) is 0 Å². The molecule has 0 amide bonds. The van der Waals surface area contributed by atoms with Gasteiger partial charge in [-0.05, 0) is 19.8 Å². The van der Waals surface area contributed by atoms with Crippen LogP contribution in [0.2, 0.25) is 0 Å². The fourth-order valence-corrected chi connectivity index (χ4v) is 2.15. The summed E-state index contributed by atoms with van der Waals surface area (Å²) in [7, 11) is 0. The standard InChI is InChI=1S/C8H10OS/c1-6-7-3-2-4-9-8(7)5-10-6/h5H,2-4H2,1H3. The SMILES string of the molecule is Cc1scc2c1CCCO2. The molecule has 0 aromatic carbocycles. The molecule has 2 rings (SSSR count). The monoisotopic (exact) mass is 154 g/mol.